The molecule has 3 aliphatic rings. The number of ether oxygens (including phenoxy) is 2. The van der Waals surface area contributed by atoms with Crippen molar-refractivity contribution in [2.24, 2.45) is 0 Å². The van der Waals surface area contributed by atoms with Crippen LogP contribution in [0.4, 0.5) is 4.39 Å². The summed E-state index contributed by atoms with van der Waals surface area (Å²) in [5.74, 6) is 0.576. The Labute approximate surface area is 224 Å². The largest absolute Gasteiger partial charge is 0.490 e. The van der Waals surface area contributed by atoms with Crippen molar-refractivity contribution in [3.8, 4) is 11.5 Å². The Morgan fingerprint density at radius 1 is 0.972 bits per heavy atom. The average molecular weight is 601 g/mol. The first-order chi connectivity index (χ1) is 17.4. The molecule has 2 aromatic carbocycles. The van der Waals surface area contributed by atoms with Crippen molar-refractivity contribution >= 4 is 34.2 Å². The molecule has 0 amide bonds. The molecule has 0 saturated heterocycles. The van der Waals surface area contributed by atoms with Gasteiger partial charge in [-0.1, -0.05) is 18.2 Å². The van der Waals surface area contributed by atoms with E-state index in [4.69, 9.17) is 9.47 Å². The Morgan fingerprint density at radius 2 is 1.61 bits per heavy atom. The third-order valence-corrected chi connectivity index (χ3v) is 8.04. The summed E-state index contributed by atoms with van der Waals surface area (Å²) in [5.41, 5.74) is 4.89. The summed E-state index contributed by atoms with van der Waals surface area (Å²) in [4.78, 5) is 28.7. The van der Waals surface area contributed by atoms with Crippen LogP contribution in [0.25, 0.3) is 0 Å². The molecule has 0 saturated carbocycles. The summed E-state index contributed by atoms with van der Waals surface area (Å²) >= 11 is 2.20. The molecule has 0 aromatic heterocycles. The van der Waals surface area contributed by atoms with E-state index >= 15 is 0 Å². The molecule has 0 fully saturated rings. The minimum absolute atomic E-state index is 0.0674. The molecule has 0 bridgehead atoms. The molecule has 188 valence electrons. The Kier molecular flexibility index (Phi) is 7.19. The zero-order valence-electron chi connectivity index (χ0n) is 20.5. The van der Waals surface area contributed by atoms with E-state index in [2.05, 4.69) is 27.5 Å². The minimum Gasteiger partial charge on any atom is -0.490 e. The monoisotopic (exact) mass is 601 g/mol. The molecule has 2 aliphatic carbocycles. The first-order valence-corrected chi connectivity index (χ1v) is 13.6. The molecule has 1 aliphatic heterocycles. The number of hydrogen-bond donors (Lipinski definition) is 0. The van der Waals surface area contributed by atoms with Crippen molar-refractivity contribution < 1.29 is 23.5 Å². The van der Waals surface area contributed by atoms with E-state index < -0.39 is 5.92 Å². The molecule has 36 heavy (non-hydrogen) atoms. The van der Waals surface area contributed by atoms with E-state index in [1.54, 1.807) is 18.2 Å². The van der Waals surface area contributed by atoms with Crippen LogP contribution in [-0.2, 0) is 16.2 Å². The zero-order valence-corrected chi connectivity index (χ0v) is 22.7. The fraction of sp³-hybridized carbons (Fsp3) is 0.379. The quantitative estimate of drug-likeness (QED) is 0.357. The maximum Gasteiger partial charge on any atom is 0.174 e. The van der Waals surface area contributed by atoms with E-state index in [1.807, 2.05) is 26.1 Å². The highest BCUT2D eigenvalue weighted by Gasteiger charge is 2.42. The van der Waals surface area contributed by atoms with Crippen LogP contribution in [0, 0.1) is 9.39 Å². The van der Waals surface area contributed by atoms with Crippen molar-refractivity contribution in [3.05, 3.63) is 79.5 Å². The standard InChI is InChI=1S/C29H29FINO4/c1-3-35-25-15-18(14-20(31)29(25)36-16-17-8-4-5-9-19(17)30)26-27-21(10-6-12-23(27)33)32(2)22-11-7-13-24(34)28(22)26/h4-5,8-9,14-15,26H,3,6-7,10-13,16H2,1-2H3. The van der Waals surface area contributed by atoms with Crippen molar-refractivity contribution in [2.45, 2.75) is 58.0 Å². The van der Waals surface area contributed by atoms with Crippen LogP contribution in [0.2, 0.25) is 0 Å². The van der Waals surface area contributed by atoms with Crippen LogP contribution < -0.4 is 9.47 Å². The van der Waals surface area contributed by atoms with Gasteiger partial charge in [0.2, 0.25) is 0 Å². The van der Waals surface area contributed by atoms with E-state index in [1.165, 1.54) is 6.07 Å². The maximum atomic E-state index is 14.2. The van der Waals surface area contributed by atoms with Crippen molar-refractivity contribution in [1.29, 1.82) is 0 Å². The summed E-state index contributed by atoms with van der Waals surface area (Å²) in [6.45, 7) is 2.38. The molecular weight excluding hydrogens is 572 g/mol. The Hall–Kier alpha value is -2.68. The highest BCUT2D eigenvalue weighted by molar-refractivity contribution is 14.1. The number of nitrogens with zero attached hydrogens (tertiary/aromatic N) is 1. The lowest BCUT2D eigenvalue weighted by Gasteiger charge is -2.42. The van der Waals surface area contributed by atoms with Crippen LogP contribution in [0.5, 0.6) is 11.5 Å². The van der Waals surface area contributed by atoms with E-state index in [0.29, 0.717) is 36.5 Å². The normalized spacial score (nSPS) is 18.4. The van der Waals surface area contributed by atoms with Gasteiger partial charge in [0.05, 0.1) is 10.2 Å². The molecule has 7 heteroatoms. The number of ketones is 2. The first kappa shape index (κ1) is 25.0. The van der Waals surface area contributed by atoms with Gasteiger partial charge in [-0.15, -0.1) is 0 Å². The van der Waals surface area contributed by atoms with Crippen molar-refractivity contribution in [2.75, 3.05) is 13.7 Å². The molecule has 5 nitrogen and oxygen atoms in total. The highest BCUT2D eigenvalue weighted by atomic mass is 127. The Balaban J connectivity index is 1.60. The number of halogens is 2. The van der Waals surface area contributed by atoms with Crippen LogP contribution in [0.15, 0.2) is 58.9 Å². The number of Topliss-reactive ketones (excluding diaryl/α,β-unsaturated/α-hetero) is 2. The van der Waals surface area contributed by atoms with Crippen LogP contribution >= 0.6 is 22.6 Å². The number of carbonyl (C=O) groups excluding carboxylic acids is 2. The summed E-state index contributed by atoms with van der Waals surface area (Å²) in [7, 11) is 1.99. The zero-order chi connectivity index (χ0) is 25.4. The summed E-state index contributed by atoms with van der Waals surface area (Å²) in [6, 6.07) is 10.4. The number of hydrogen-bond acceptors (Lipinski definition) is 5. The molecule has 0 unspecified atom stereocenters. The molecule has 2 aromatic rings. The topological polar surface area (TPSA) is 55.8 Å². The molecule has 0 N–H and O–H groups in total. The number of benzene rings is 2. The van der Waals surface area contributed by atoms with Crippen LogP contribution in [0.3, 0.4) is 0 Å². The predicted octanol–water partition coefficient (Wildman–Crippen LogP) is 6.45. The van der Waals surface area contributed by atoms with Crippen LogP contribution in [-0.4, -0.2) is 30.1 Å². The van der Waals surface area contributed by atoms with Gasteiger partial charge in [0.15, 0.2) is 23.1 Å². The average Bonchev–Trinajstić information content (AvgIpc) is 2.86. The van der Waals surface area contributed by atoms with Gasteiger partial charge in [0.25, 0.3) is 0 Å². The van der Waals surface area contributed by atoms with Gasteiger partial charge in [0.1, 0.15) is 12.4 Å². The first-order valence-electron chi connectivity index (χ1n) is 12.5. The minimum atomic E-state index is -0.403. The van der Waals surface area contributed by atoms with Crippen LogP contribution in [0.1, 0.15) is 62.5 Å². The van der Waals surface area contributed by atoms with Crippen molar-refractivity contribution in [1.82, 2.24) is 4.90 Å². The fourth-order valence-corrected chi connectivity index (χ4v) is 6.39. The Bertz CT molecular complexity index is 1250. The lowest BCUT2D eigenvalue weighted by Crippen LogP contribution is -2.37. The number of carbonyl (C=O) groups is 2. The second-order valence-corrected chi connectivity index (χ2v) is 10.6. The predicted molar refractivity (Wildman–Crippen MR) is 143 cm³/mol. The number of allylic oxidation sites excluding steroid dienone is 4. The molecule has 0 atom stereocenters. The van der Waals surface area contributed by atoms with Gasteiger partial charge in [-0.3, -0.25) is 9.59 Å². The van der Waals surface area contributed by atoms with Gasteiger partial charge in [-0.25, -0.2) is 4.39 Å². The Morgan fingerprint density at radius 3 is 2.22 bits per heavy atom. The summed E-state index contributed by atoms with van der Waals surface area (Å²) < 4.78 is 27.0. The smallest absolute Gasteiger partial charge is 0.174 e. The van der Waals surface area contributed by atoms with Gasteiger partial charge in [-0.2, -0.15) is 0 Å². The van der Waals surface area contributed by atoms with Crippen molar-refractivity contribution in [3.63, 3.8) is 0 Å². The van der Waals surface area contributed by atoms with E-state index in [0.717, 1.165) is 57.4 Å². The third-order valence-electron chi connectivity index (χ3n) is 7.24. The maximum absolute atomic E-state index is 14.2. The fourth-order valence-electron chi connectivity index (χ4n) is 5.61. The van der Waals surface area contributed by atoms with Gasteiger partial charge < -0.3 is 14.4 Å². The summed E-state index contributed by atoms with van der Waals surface area (Å²) in [5, 5.41) is 0. The highest BCUT2D eigenvalue weighted by Crippen LogP contribution is 2.50. The molecule has 0 radical (unpaired) electrons. The molecular formula is C29H29FINO4. The lowest BCUT2D eigenvalue weighted by molar-refractivity contribution is -0.117. The lowest BCUT2D eigenvalue weighted by atomic mass is 9.71. The molecule has 0 spiro atoms. The molecule has 5 rings (SSSR count). The van der Waals surface area contributed by atoms with Gasteiger partial charge >= 0.3 is 0 Å². The molecule has 1 heterocycles. The van der Waals surface area contributed by atoms with E-state index in [9.17, 15) is 14.0 Å². The SMILES string of the molecule is CCOc1cc(C2C3=C(CCCC3=O)N(C)C3=C2C(=O)CCC3)cc(I)c1OCc1ccccc1F. The second kappa shape index (κ2) is 10.4. The van der Waals surface area contributed by atoms with Gasteiger partial charge in [0, 0.05) is 53.9 Å². The second-order valence-electron chi connectivity index (χ2n) is 9.41. The van der Waals surface area contributed by atoms with Gasteiger partial charge in [-0.05, 0) is 79.0 Å². The third kappa shape index (κ3) is 4.46. The van der Waals surface area contributed by atoms with E-state index in [-0.39, 0.29) is 24.0 Å². The number of rotatable bonds is 6. The summed E-state index contributed by atoms with van der Waals surface area (Å²) in [6.07, 6.45) is 4.32.